The van der Waals surface area contributed by atoms with Crippen LogP contribution < -0.4 is 5.73 Å². The van der Waals surface area contributed by atoms with E-state index in [1.54, 1.807) is 6.20 Å². The van der Waals surface area contributed by atoms with E-state index in [-0.39, 0.29) is 0 Å². The van der Waals surface area contributed by atoms with E-state index in [0.29, 0.717) is 22.4 Å². The number of aromatic nitrogens is 2. The van der Waals surface area contributed by atoms with Crippen LogP contribution >= 0.6 is 23.2 Å². The van der Waals surface area contributed by atoms with Crippen LogP contribution in [0.2, 0.25) is 10.0 Å². The molecule has 2 N–H and O–H groups in total. The van der Waals surface area contributed by atoms with E-state index in [1.165, 1.54) is 0 Å². The first kappa shape index (κ1) is 15.0. The summed E-state index contributed by atoms with van der Waals surface area (Å²) in [7, 11) is 0. The zero-order valence-electron chi connectivity index (χ0n) is 11.6. The summed E-state index contributed by atoms with van der Waals surface area (Å²) in [6.45, 7) is 0.293. The molecular formula is C17H13Cl2N3. The lowest BCUT2D eigenvalue weighted by Gasteiger charge is -2.10. The highest BCUT2D eigenvalue weighted by Gasteiger charge is 2.11. The highest BCUT2D eigenvalue weighted by atomic mass is 35.5. The topological polar surface area (TPSA) is 51.8 Å². The Morgan fingerprint density at radius 1 is 0.818 bits per heavy atom. The van der Waals surface area contributed by atoms with E-state index in [0.717, 1.165) is 22.4 Å². The molecule has 0 amide bonds. The van der Waals surface area contributed by atoms with Gasteiger partial charge in [0.1, 0.15) is 5.82 Å². The maximum Gasteiger partial charge on any atom is 0.142 e. The molecule has 0 aliphatic heterocycles. The molecule has 0 unspecified atom stereocenters. The molecule has 2 aromatic carbocycles. The first-order valence-electron chi connectivity index (χ1n) is 6.75. The fourth-order valence-electron chi connectivity index (χ4n) is 2.19. The lowest BCUT2D eigenvalue weighted by molar-refractivity contribution is 0.913. The number of rotatable bonds is 3. The van der Waals surface area contributed by atoms with E-state index in [4.69, 9.17) is 28.9 Å². The van der Waals surface area contributed by atoms with Gasteiger partial charge in [0, 0.05) is 27.4 Å². The lowest BCUT2D eigenvalue weighted by Crippen LogP contribution is -2.04. The molecule has 5 heteroatoms. The van der Waals surface area contributed by atoms with Crippen LogP contribution in [0.5, 0.6) is 0 Å². The maximum atomic E-state index is 5.96. The summed E-state index contributed by atoms with van der Waals surface area (Å²) in [5.74, 6) is 0.600. The van der Waals surface area contributed by atoms with Gasteiger partial charge in [0.15, 0.2) is 0 Å². The van der Waals surface area contributed by atoms with E-state index in [9.17, 15) is 0 Å². The highest BCUT2D eigenvalue weighted by molar-refractivity contribution is 6.31. The normalized spacial score (nSPS) is 10.7. The molecule has 0 aliphatic carbocycles. The second kappa shape index (κ2) is 6.44. The van der Waals surface area contributed by atoms with Crippen molar-refractivity contribution < 1.29 is 0 Å². The van der Waals surface area contributed by atoms with Gasteiger partial charge >= 0.3 is 0 Å². The van der Waals surface area contributed by atoms with Crippen LogP contribution in [-0.2, 0) is 6.54 Å². The smallest absolute Gasteiger partial charge is 0.142 e. The van der Waals surface area contributed by atoms with Gasteiger partial charge in [-0.3, -0.25) is 0 Å². The zero-order valence-corrected chi connectivity index (χ0v) is 13.1. The molecule has 1 heterocycles. The van der Waals surface area contributed by atoms with Gasteiger partial charge in [0.25, 0.3) is 0 Å². The number of hydrogen-bond donors (Lipinski definition) is 1. The minimum atomic E-state index is 0.293. The molecule has 0 aliphatic rings. The third-order valence-electron chi connectivity index (χ3n) is 3.29. The van der Waals surface area contributed by atoms with Gasteiger partial charge in [-0.05, 0) is 29.8 Å². The van der Waals surface area contributed by atoms with Crippen LogP contribution in [0.25, 0.3) is 22.4 Å². The largest absolute Gasteiger partial charge is 0.324 e. The second-order valence-corrected chi connectivity index (χ2v) is 5.64. The molecule has 0 radical (unpaired) electrons. The molecule has 3 nitrogen and oxygen atoms in total. The molecule has 0 fully saturated rings. The van der Waals surface area contributed by atoms with Crippen molar-refractivity contribution in [2.75, 3.05) is 0 Å². The fraction of sp³-hybridized carbons (Fsp3) is 0.0588. The van der Waals surface area contributed by atoms with Crippen molar-refractivity contribution in [2.24, 2.45) is 5.73 Å². The molecule has 0 saturated heterocycles. The molecule has 0 saturated carbocycles. The summed E-state index contributed by atoms with van der Waals surface area (Å²) in [5.41, 5.74) is 9.38. The van der Waals surface area contributed by atoms with Gasteiger partial charge in [-0.1, -0.05) is 47.5 Å². The Bertz CT molecular complexity index is 784. The van der Waals surface area contributed by atoms with Crippen LogP contribution in [0.3, 0.4) is 0 Å². The lowest BCUT2D eigenvalue weighted by atomic mass is 10.0. The predicted molar refractivity (Wildman–Crippen MR) is 90.8 cm³/mol. The minimum Gasteiger partial charge on any atom is -0.324 e. The number of hydrogen-bond acceptors (Lipinski definition) is 3. The fourth-order valence-corrected chi connectivity index (χ4v) is 2.44. The third kappa shape index (κ3) is 3.12. The highest BCUT2D eigenvalue weighted by Crippen LogP contribution is 2.31. The molecule has 3 aromatic rings. The Labute approximate surface area is 138 Å². The van der Waals surface area contributed by atoms with Crippen LogP contribution in [0.1, 0.15) is 5.82 Å². The Kier molecular flexibility index (Phi) is 4.39. The predicted octanol–water partition coefficient (Wildman–Crippen LogP) is 4.58. The summed E-state index contributed by atoms with van der Waals surface area (Å²) < 4.78 is 0. The molecule has 3 rings (SSSR count). The molecule has 22 heavy (non-hydrogen) atoms. The van der Waals surface area contributed by atoms with Crippen molar-refractivity contribution in [3.8, 4) is 22.4 Å². The summed E-state index contributed by atoms with van der Waals surface area (Å²) in [4.78, 5) is 8.88. The van der Waals surface area contributed by atoms with Crippen LogP contribution in [0.4, 0.5) is 0 Å². The molecule has 110 valence electrons. The van der Waals surface area contributed by atoms with Crippen LogP contribution in [0.15, 0.2) is 54.7 Å². The second-order valence-electron chi connectivity index (χ2n) is 4.77. The quantitative estimate of drug-likeness (QED) is 0.765. The van der Waals surface area contributed by atoms with Crippen LogP contribution in [0, 0.1) is 0 Å². The summed E-state index contributed by atoms with van der Waals surface area (Å²) in [6, 6.07) is 15.1. The number of benzene rings is 2. The van der Waals surface area contributed by atoms with Gasteiger partial charge in [-0.2, -0.15) is 0 Å². The summed E-state index contributed by atoms with van der Waals surface area (Å²) in [5, 5.41) is 1.38. The molecule has 1 aromatic heterocycles. The van der Waals surface area contributed by atoms with Gasteiger partial charge in [-0.15, -0.1) is 0 Å². The van der Waals surface area contributed by atoms with E-state index >= 15 is 0 Å². The van der Waals surface area contributed by atoms with E-state index < -0.39 is 0 Å². The third-order valence-corrected chi connectivity index (χ3v) is 3.80. The molecule has 0 bridgehead atoms. The van der Waals surface area contributed by atoms with Gasteiger partial charge in [0.05, 0.1) is 12.2 Å². The molecule has 0 spiro atoms. The standard InChI is InChI=1S/C17H13Cl2N3/c18-13-5-1-11(2-6-13)15-10-21-16(9-20)22-17(15)12-3-7-14(19)8-4-12/h1-8,10H,9,20H2. The average molecular weight is 330 g/mol. The summed E-state index contributed by atoms with van der Waals surface area (Å²) in [6.07, 6.45) is 1.79. The Balaban J connectivity index is 2.17. The van der Waals surface area contributed by atoms with Gasteiger partial charge in [-0.25, -0.2) is 9.97 Å². The van der Waals surface area contributed by atoms with Gasteiger partial charge < -0.3 is 5.73 Å². The number of nitrogens with zero attached hydrogens (tertiary/aromatic N) is 2. The number of halogens is 2. The van der Waals surface area contributed by atoms with Crippen molar-refractivity contribution >= 4 is 23.2 Å². The molecular weight excluding hydrogens is 317 g/mol. The Hall–Kier alpha value is -1.94. The molecule has 0 atom stereocenters. The van der Waals surface area contributed by atoms with Crippen molar-refractivity contribution in [3.05, 3.63) is 70.6 Å². The van der Waals surface area contributed by atoms with Crippen molar-refractivity contribution in [3.63, 3.8) is 0 Å². The Morgan fingerprint density at radius 3 is 1.91 bits per heavy atom. The number of nitrogens with two attached hydrogens (primary N) is 1. The van der Waals surface area contributed by atoms with E-state index in [2.05, 4.69) is 9.97 Å². The van der Waals surface area contributed by atoms with Crippen LogP contribution in [-0.4, -0.2) is 9.97 Å². The van der Waals surface area contributed by atoms with Crippen molar-refractivity contribution in [2.45, 2.75) is 6.54 Å². The zero-order chi connectivity index (χ0) is 15.5. The monoisotopic (exact) mass is 329 g/mol. The van der Waals surface area contributed by atoms with Crippen molar-refractivity contribution in [1.82, 2.24) is 9.97 Å². The SMILES string of the molecule is NCc1ncc(-c2ccc(Cl)cc2)c(-c2ccc(Cl)cc2)n1. The minimum absolute atomic E-state index is 0.293. The first-order chi connectivity index (χ1) is 10.7. The Morgan fingerprint density at radius 2 is 1.36 bits per heavy atom. The summed E-state index contributed by atoms with van der Waals surface area (Å²) >= 11 is 11.9. The van der Waals surface area contributed by atoms with Gasteiger partial charge in [0.2, 0.25) is 0 Å². The van der Waals surface area contributed by atoms with Crippen molar-refractivity contribution in [1.29, 1.82) is 0 Å². The van der Waals surface area contributed by atoms with E-state index in [1.807, 2.05) is 48.5 Å². The first-order valence-corrected chi connectivity index (χ1v) is 7.51. The average Bonchev–Trinajstić information content (AvgIpc) is 2.56. The maximum absolute atomic E-state index is 5.96.